The quantitative estimate of drug-likeness (QED) is 0.814. The molecule has 0 atom stereocenters. The van der Waals surface area contributed by atoms with E-state index in [1.165, 1.54) is 0 Å². The zero-order valence-electron chi connectivity index (χ0n) is 13.1. The first-order valence-corrected chi connectivity index (χ1v) is 9.03. The number of rotatable bonds is 6. The van der Waals surface area contributed by atoms with Crippen LogP contribution in [0.15, 0.2) is 0 Å². The second-order valence-corrected chi connectivity index (χ2v) is 8.72. The third-order valence-electron chi connectivity index (χ3n) is 3.43. The summed E-state index contributed by atoms with van der Waals surface area (Å²) in [7, 11) is -3.40. The lowest BCUT2D eigenvalue weighted by Gasteiger charge is -2.33. The smallest absolute Gasteiger partial charge is 0.281 e. The summed E-state index contributed by atoms with van der Waals surface area (Å²) in [6.45, 7) is 8.28. The number of hydrogen-bond donors (Lipinski definition) is 1. The Morgan fingerprint density at radius 1 is 1.10 bits per heavy atom. The van der Waals surface area contributed by atoms with Gasteiger partial charge < -0.3 is 5.11 Å². The Morgan fingerprint density at radius 3 is 2.10 bits per heavy atom. The van der Waals surface area contributed by atoms with Gasteiger partial charge in [0.15, 0.2) is 0 Å². The highest BCUT2D eigenvalue weighted by Gasteiger charge is 2.32. The molecule has 1 aliphatic heterocycles. The van der Waals surface area contributed by atoms with Crippen LogP contribution in [0, 0.1) is 5.41 Å². The molecule has 5 nitrogen and oxygen atoms in total. The standard InChI is InChI=1S/C14H30N2O3S/c1-14(2,3)13-16(11-8-12-17)20(18,19)15-9-6-4-5-7-10-15/h17H,4-13H2,1-3H3. The first-order valence-electron chi connectivity index (χ1n) is 7.63. The van der Waals surface area contributed by atoms with E-state index in [2.05, 4.69) is 0 Å². The molecule has 0 radical (unpaired) electrons. The van der Waals surface area contributed by atoms with Crippen molar-refractivity contribution in [2.24, 2.45) is 5.41 Å². The van der Waals surface area contributed by atoms with Crippen LogP contribution in [0.1, 0.15) is 52.9 Å². The number of nitrogens with zero attached hydrogens (tertiary/aromatic N) is 2. The minimum atomic E-state index is -3.40. The van der Waals surface area contributed by atoms with Crippen LogP contribution in [0.25, 0.3) is 0 Å². The molecule has 20 heavy (non-hydrogen) atoms. The summed E-state index contributed by atoms with van der Waals surface area (Å²) in [5.41, 5.74) is -0.0889. The zero-order valence-corrected chi connectivity index (χ0v) is 14.0. The third-order valence-corrected chi connectivity index (χ3v) is 5.42. The van der Waals surface area contributed by atoms with Crippen LogP contribution in [0.3, 0.4) is 0 Å². The van der Waals surface area contributed by atoms with E-state index in [4.69, 9.17) is 5.11 Å². The minimum Gasteiger partial charge on any atom is -0.396 e. The maximum absolute atomic E-state index is 12.8. The summed E-state index contributed by atoms with van der Waals surface area (Å²) in [4.78, 5) is 0. The van der Waals surface area contributed by atoms with E-state index in [9.17, 15) is 8.42 Å². The molecule has 1 N–H and O–H groups in total. The Labute approximate surface area is 124 Å². The van der Waals surface area contributed by atoms with Crippen LogP contribution >= 0.6 is 0 Å². The van der Waals surface area contributed by atoms with Crippen LogP contribution in [0.5, 0.6) is 0 Å². The average molecular weight is 306 g/mol. The summed E-state index contributed by atoms with van der Waals surface area (Å²) in [6.07, 6.45) is 4.61. The fraction of sp³-hybridized carbons (Fsp3) is 1.00. The summed E-state index contributed by atoms with van der Waals surface area (Å²) in [5, 5.41) is 9.00. The fourth-order valence-electron chi connectivity index (χ4n) is 2.49. The van der Waals surface area contributed by atoms with Crippen molar-refractivity contribution in [1.29, 1.82) is 0 Å². The zero-order chi connectivity index (χ0) is 15.2. The molecule has 1 aliphatic rings. The van der Waals surface area contributed by atoms with Gasteiger partial charge in [0, 0.05) is 32.8 Å². The predicted molar refractivity (Wildman–Crippen MR) is 81.7 cm³/mol. The normalized spacial score (nSPS) is 19.2. The highest BCUT2D eigenvalue weighted by atomic mass is 32.2. The topological polar surface area (TPSA) is 60.9 Å². The lowest BCUT2D eigenvalue weighted by molar-refractivity contribution is 0.230. The van der Waals surface area contributed by atoms with Gasteiger partial charge in [0.05, 0.1) is 0 Å². The van der Waals surface area contributed by atoms with Crippen molar-refractivity contribution in [2.75, 3.05) is 32.8 Å². The molecule has 0 unspecified atom stereocenters. The van der Waals surface area contributed by atoms with Crippen molar-refractivity contribution in [3.63, 3.8) is 0 Å². The van der Waals surface area contributed by atoms with Crippen LogP contribution in [0.4, 0.5) is 0 Å². The second kappa shape index (κ2) is 7.73. The molecule has 0 amide bonds. The van der Waals surface area contributed by atoms with Gasteiger partial charge in [0.2, 0.25) is 0 Å². The van der Waals surface area contributed by atoms with Gasteiger partial charge in [0.25, 0.3) is 10.2 Å². The van der Waals surface area contributed by atoms with E-state index in [0.717, 1.165) is 25.7 Å². The Morgan fingerprint density at radius 2 is 1.65 bits per heavy atom. The summed E-state index contributed by atoms with van der Waals surface area (Å²) in [5.74, 6) is 0. The van der Waals surface area contributed by atoms with E-state index < -0.39 is 10.2 Å². The Hall–Kier alpha value is -0.170. The number of hydrogen-bond acceptors (Lipinski definition) is 3. The maximum Gasteiger partial charge on any atom is 0.281 e. The largest absolute Gasteiger partial charge is 0.396 e. The number of aliphatic hydroxyl groups excluding tert-OH is 1. The summed E-state index contributed by atoms with van der Waals surface area (Å²) >= 11 is 0. The molecule has 1 fully saturated rings. The molecular formula is C14H30N2O3S. The van der Waals surface area contributed by atoms with Gasteiger partial charge in [-0.3, -0.25) is 0 Å². The monoisotopic (exact) mass is 306 g/mol. The van der Waals surface area contributed by atoms with Gasteiger partial charge in [-0.05, 0) is 24.7 Å². The average Bonchev–Trinajstić information content (AvgIpc) is 2.62. The molecule has 0 aromatic heterocycles. The van der Waals surface area contributed by atoms with Gasteiger partial charge >= 0.3 is 0 Å². The molecule has 1 heterocycles. The summed E-state index contributed by atoms with van der Waals surface area (Å²) in [6, 6.07) is 0. The Kier molecular flexibility index (Phi) is 6.91. The SMILES string of the molecule is CC(C)(C)CN(CCCO)S(=O)(=O)N1CCCCCC1. The molecule has 0 saturated carbocycles. The lowest BCUT2D eigenvalue weighted by atomic mass is 9.97. The Balaban J connectivity index is 2.84. The number of aliphatic hydroxyl groups is 1. The molecule has 1 saturated heterocycles. The molecular weight excluding hydrogens is 276 g/mol. The van der Waals surface area contributed by atoms with Crippen molar-refractivity contribution in [3.8, 4) is 0 Å². The molecule has 0 spiro atoms. The first kappa shape index (κ1) is 17.9. The van der Waals surface area contributed by atoms with Crippen LogP contribution < -0.4 is 0 Å². The lowest BCUT2D eigenvalue weighted by Crippen LogP contribution is -2.47. The van der Waals surface area contributed by atoms with Crippen molar-refractivity contribution in [1.82, 2.24) is 8.61 Å². The van der Waals surface area contributed by atoms with Gasteiger partial charge in [-0.15, -0.1) is 0 Å². The van der Waals surface area contributed by atoms with Crippen molar-refractivity contribution in [2.45, 2.75) is 52.9 Å². The second-order valence-electron chi connectivity index (χ2n) is 6.79. The van der Waals surface area contributed by atoms with Gasteiger partial charge in [-0.2, -0.15) is 17.0 Å². The highest BCUT2D eigenvalue weighted by Crippen LogP contribution is 2.22. The van der Waals surface area contributed by atoms with Crippen molar-refractivity contribution in [3.05, 3.63) is 0 Å². The van der Waals surface area contributed by atoms with Crippen LogP contribution in [0.2, 0.25) is 0 Å². The summed E-state index contributed by atoms with van der Waals surface area (Å²) < 4.78 is 28.8. The van der Waals surface area contributed by atoms with Crippen molar-refractivity contribution >= 4 is 10.2 Å². The van der Waals surface area contributed by atoms with Gasteiger partial charge in [0.1, 0.15) is 0 Å². The third kappa shape index (κ3) is 5.68. The molecule has 6 heteroatoms. The molecule has 120 valence electrons. The highest BCUT2D eigenvalue weighted by molar-refractivity contribution is 7.86. The molecule has 0 aromatic rings. The Bertz CT molecular complexity index is 368. The van der Waals surface area contributed by atoms with Crippen LogP contribution in [-0.4, -0.2) is 54.9 Å². The van der Waals surface area contributed by atoms with E-state index in [1.807, 2.05) is 20.8 Å². The van der Waals surface area contributed by atoms with E-state index in [-0.39, 0.29) is 12.0 Å². The fourth-order valence-corrected chi connectivity index (χ4v) is 4.44. The molecule has 1 rings (SSSR count). The molecule has 0 bridgehead atoms. The van der Waals surface area contributed by atoms with Crippen molar-refractivity contribution < 1.29 is 13.5 Å². The van der Waals surface area contributed by atoms with Gasteiger partial charge in [-0.25, -0.2) is 0 Å². The van der Waals surface area contributed by atoms with E-state index in [0.29, 0.717) is 32.6 Å². The predicted octanol–water partition coefficient (Wildman–Crippen LogP) is 1.84. The minimum absolute atomic E-state index is 0.0240. The van der Waals surface area contributed by atoms with E-state index in [1.54, 1.807) is 8.61 Å². The van der Waals surface area contributed by atoms with E-state index >= 15 is 0 Å². The van der Waals surface area contributed by atoms with Crippen LogP contribution in [-0.2, 0) is 10.2 Å². The molecule has 0 aromatic carbocycles. The van der Waals surface area contributed by atoms with Gasteiger partial charge in [-0.1, -0.05) is 33.6 Å². The first-order chi connectivity index (χ1) is 9.27. The molecule has 0 aliphatic carbocycles. The maximum atomic E-state index is 12.8.